The highest BCUT2D eigenvalue weighted by molar-refractivity contribution is 7.94. The first-order valence-corrected chi connectivity index (χ1v) is 7.32. The van der Waals surface area contributed by atoms with Crippen molar-refractivity contribution < 1.29 is 18.3 Å². The number of carbonyl (C=O) groups is 1. The van der Waals surface area contributed by atoms with E-state index in [-0.39, 0.29) is 11.1 Å². The number of aromatic nitrogens is 3. The largest absolute Gasteiger partial charge is 0.476 e. The van der Waals surface area contributed by atoms with Gasteiger partial charge >= 0.3 is 5.97 Å². The number of anilines is 1. The molecule has 0 bridgehead atoms. The van der Waals surface area contributed by atoms with Crippen LogP contribution >= 0.6 is 22.9 Å². The Morgan fingerprint density at radius 3 is 2.79 bits per heavy atom. The van der Waals surface area contributed by atoms with Crippen molar-refractivity contribution in [2.24, 2.45) is 0 Å². The topological polar surface area (TPSA) is 122 Å². The maximum atomic E-state index is 12.0. The molecular formula is C8H5ClN4O4S2. The van der Waals surface area contributed by atoms with E-state index in [1.54, 1.807) is 0 Å². The number of nitrogens with zero attached hydrogens (tertiary/aromatic N) is 3. The summed E-state index contributed by atoms with van der Waals surface area (Å²) in [5.74, 6) is -1.49. The summed E-state index contributed by atoms with van der Waals surface area (Å²) in [4.78, 5) is 21.6. The normalized spacial score (nSPS) is 11.2. The van der Waals surface area contributed by atoms with E-state index in [0.29, 0.717) is 11.3 Å². The second-order valence-corrected chi connectivity index (χ2v) is 6.18. The number of hydrogen-bond acceptors (Lipinski definition) is 7. The minimum absolute atomic E-state index is 0.0651. The molecule has 100 valence electrons. The highest BCUT2D eigenvalue weighted by Crippen LogP contribution is 2.22. The minimum atomic E-state index is -4.09. The third kappa shape index (κ3) is 2.97. The SMILES string of the molecule is O=C(O)c1ncsc1S(=O)(=O)Nc1ccnc(Cl)n1. The lowest BCUT2D eigenvalue weighted by molar-refractivity contribution is 0.0687. The summed E-state index contributed by atoms with van der Waals surface area (Å²) in [6.07, 6.45) is 1.26. The zero-order valence-corrected chi connectivity index (χ0v) is 11.3. The molecular weight excluding hydrogens is 316 g/mol. The van der Waals surface area contributed by atoms with Gasteiger partial charge in [-0.1, -0.05) is 0 Å². The molecule has 2 N–H and O–H groups in total. The number of nitrogens with one attached hydrogen (secondary N) is 1. The van der Waals surface area contributed by atoms with Gasteiger partial charge in [-0.05, 0) is 17.7 Å². The fourth-order valence-electron chi connectivity index (χ4n) is 1.14. The molecule has 2 rings (SSSR count). The second kappa shape index (κ2) is 5.07. The van der Waals surface area contributed by atoms with E-state index in [1.165, 1.54) is 12.3 Å². The Bertz CT molecular complexity index is 730. The summed E-state index contributed by atoms with van der Waals surface area (Å²) in [5.41, 5.74) is 0.586. The molecule has 0 saturated heterocycles. The van der Waals surface area contributed by atoms with Crippen LogP contribution in [0.5, 0.6) is 0 Å². The fraction of sp³-hybridized carbons (Fsp3) is 0. The first kappa shape index (κ1) is 13.6. The van der Waals surface area contributed by atoms with Crippen molar-refractivity contribution >= 4 is 44.7 Å². The van der Waals surface area contributed by atoms with E-state index in [0.717, 1.165) is 5.51 Å². The van der Waals surface area contributed by atoms with Gasteiger partial charge in [0.05, 0.1) is 5.51 Å². The molecule has 0 amide bonds. The molecule has 0 aliphatic rings. The van der Waals surface area contributed by atoms with E-state index in [9.17, 15) is 13.2 Å². The lowest BCUT2D eigenvalue weighted by Crippen LogP contribution is -2.16. The standard InChI is InChI=1S/C8H5ClN4O4S2/c9-8-10-2-1-4(12-8)13-19(16,17)7-5(6(14)15)11-3-18-7/h1-3H,(H,14,15)(H,10,12,13). The molecule has 0 saturated carbocycles. The van der Waals surface area contributed by atoms with Crippen molar-refractivity contribution in [3.8, 4) is 0 Å². The molecule has 2 aromatic rings. The summed E-state index contributed by atoms with van der Waals surface area (Å²) in [6, 6.07) is 1.28. The van der Waals surface area contributed by atoms with Crippen molar-refractivity contribution in [2.45, 2.75) is 4.21 Å². The number of carboxylic acid groups (broad SMARTS) is 1. The molecule has 2 aromatic heterocycles. The van der Waals surface area contributed by atoms with Gasteiger partial charge in [-0.25, -0.2) is 23.2 Å². The molecule has 0 atom stereocenters. The monoisotopic (exact) mass is 320 g/mol. The van der Waals surface area contributed by atoms with E-state index >= 15 is 0 Å². The van der Waals surface area contributed by atoms with Gasteiger partial charge in [0.2, 0.25) is 5.28 Å². The molecule has 0 spiro atoms. The fourth-order valence-corrected chi connectivity index (χ4v) is 3.43. The Kier molecular flexibility index (Phi) is 3.64. The van der Waals surface area contributed by atoms with Gasteiger partial charge in [-0.15, -0.1) is 11.3 Å². The first-order valence-electron chi connectivity index (χ1n) is 4.58. The molecule has 2 heterocycles. The van der Waals surface area contributed by atoms with Crippen LogP contribution in [0.15, 0.2) is 22.0 Å². The van der Waals surface area contributed by atoms with Crippen LogP contribution in [0.25, 0.3) is 0 Å². The lowest BCUT2D eigenvalue weighted by Gasteiger charge is -2.05. The Balaban J connectivity index is 2.38. The Hall–Kier alpha value is -1.78. The summed E-state index contributed by atoms with van der Waals surface area (Å²) < 4.78 is 25.7. The molecule has 0 fully saturated rings. The number of sulfonamides is 1. The lowest BCUT2D eigenvalue weighted by atomic mass is 10.5. The number of hydrogen-bond donors (Lipinski definition) is 2. The van der Waals surface area contributed by atoms with Crippen molar-refractivity contribution in [1.82, 2.24) is 15.0 Å². The van der Waals surface area contributed by atoms with Gasteiger partial charge in [0.25, 0.3) is 10.0 Å². The third-order valence-electron chi connectivity index (χ3n) is 1.85. The molecule has 0 aromatic carbocycles. The molecule has 0 unspecified atom stereocenters. The number of thiazole rings is 1. The van der Waals surface area contributed by atoms with E-state index in [1.807, 2.05) is 0 Å². The highest BCUT2D eigenvalue weighted by Gasteiger charge is 2.26. The average molecular weight is 321 g/mol. The first-order chi connectivity index (χ1) is 8.90. The summed E-state index contributed by atoms with van der Waals surface area (Å²) in [5, 5.41) is 8.70. The van der Waals surface area contributed by atoms with Crippen LogP contribution < -0.4 is 4.72 Å². The highest BCUT2D eigenvalue weighted by atomic mass is 35.5. The van der Waals surface area contributed by atoms with Crippen LogP contribution in [0, 0.1) is 0 Å². The molecule has 19 heavy (non-hydrogen) atoms. The van der Waals surface area contributed by atoms with E-state index < -0.39 is 25.9 Å². The van der Waals surface area contributed by atoms with Crippen molar-refractivity contribution in [3.05, 3.63) is 28.8 Å². The Morgan fingerprint density at radius 1 is 1.42 bits per heavy atom. The van der Waals surface area contributed by atoms with Crippen molar-refractivity contribution in [1.29, 1.82) is 0 Å². The maximum Gasteiger partial charge on any atom is 0.356 e. The second-order valence-electron chi connectivity index (χ2n) is 3.11. The summed E-state index contributed by atoms with van der Waals surface area (Å²) >= 11 is 6.21. The maximum absolute atomic E-state index is 12.0. The number of carboxylic acids is 1. The molecule has 8 nitrogen and oxygen atoms in total. The zero-order chi connectivity index (χ0) is 14.0. The van der Waals surface area contributed by atoms with Crippen LogP contribution in [-0.2, 0) is 10.0 Å². The average Bonchev–Trinajstić information content (AvgIpc) is 2.77. The smallest absolute Gasteiger partial charge is 0.356 e. The van der Waals surface area contributed by atoms with Gasteiger partial charge in [0, 0.05) is 6.20 Å². The van der Waals surface area contributed by atoms with Gasteiger partial charge in [-0.3, -0.25) is 4.72 Å². The van der Waals surface area contributed by atoms with Gasteiger partial charge in [0.1, 0.15) is 5.82 Å². The van der Waals surface area contributed by atoms with E-state index in [2.05, 4.69) is 19.7 Å². The minimum Gasteiger partial charge on any atom is -0.476 e. The molecule has 0 radical (unpaired) electrons. The molecule has 0 aliphatic heterocycles. The Morgan fingerprint density at radius 2 is 2.16 bits per heavy atom. The van der Waals surface area contributed by atoms with Crippen molar-refractivity contribution in [3.63, 3.8) is 0 Å². The third-order valence-corrected chi connectivity index (χ3v) is 4.75. The van der Waals surface area contributed by atoms with Crippen LogP contribution in [0.2, 0.25) is 5.28 Å². The van der Waals surface area contributed by atoms with Crippen LogP contribution in [-0.4, -0.2) is 34.4 Å². The summed E-state index contributed by atoms with van der Waals surface area (Å²) in [6.45, 7) is 0. The predicted octanol–water partition coefficient (Wildman–Crippen LogP) is 1.09. The predicted molar refractivity (Wildman–Crippen MR) is 66.9 cm³/mol. The molecule has 11 heteroatoms. The Labute approximate surface area is 116 Å². The van der Waals surface area contributed by atoms with Gasteiger partial charge in [0.15, 0.2) is 9.90 Å². The van der Waals surface area contributed by atoms with Gasteiger partial charge < -0.3 is 5.11 Å². The van der Waals surface area contributed by atoms with Crippen LogP contribution in [0.4, 0.5) is 5.82 Å². The van der Waals surface area contributed by atoms with Crippen LogP contribution in [0.3, 0.4) is 0 Å². The van der Waals surface area contributed by atoms with Crippen molar-refractivity contribution in [2.75, 3.05) is 4.72 Å². The number of halogens is 1. The number of aromatic carboxylic acids is 1. The van der Waals surface area contributed by atoms with E-state index in [4.69, 9.17) is 16.7 Å². The zero-order valence-electron chi connectivity index (χ0n) is 8.94. The summed E-state index contributed by atoms with van der Waals surface area (Å²) in [7, 11) is -4.09. The quantitative estimate of drug-likeness (QED) is 0.808. The van der Waals surface area contributed by atoms with Crippen LogP contribution in [0.1, 0.15) is 10.5 Å². The molecule has 0 aliphatic carbocycles. The van der Waals surface area contributed by atoms with Gasteiger partial charge in [-0.2, -0.15) is 4.98 Å². The number of rotatable bonds is 4.